The minimum atomic E-state index is -0.697. The van der Waals surface area contributed by atoms with Crippen molar-refractivity contribution >= 4 is 11.9 Å². The Hall–Kier alpha value is -1.18. The minimum absolute atomic E-state index is 0.0205. The van der Waals surface area contributed by atoms with Crippen LogP contribution in [-0.2, 0) is 14.3 Å². The van der Waals surface area contributed by atoms with Crippen molar-refractivity contribution in [1.29, 1.82) is 0 Å². The quantitative estimate of drug-likeness (QED) is 0.298. The molecule has 0 saturated carbocycles. The van der Waals surface area contributed by atoms with Gasteiger partial charge in [-0.1, -0.05) is 32.6 Å². The van der Waals surface area contributed by atoms with Crippen LogP contribution in [0.4, 0.5) is 0 Å². The van der Waals surface area contributed by atoms with Gasteiger partial charge >= 0.3 is 5.97 Å². The normalized spacial score (nSPS) is 12.2. The Labute approximate surface area is 145 Å². The lowest BCUT2D eigenvalue weighted by Gasteiger charge is -2.20. The largest absolute Gasteiger partial charge is 0.462 e. The number of aliphatic hydroxyl groups excluding tert-OH is 2. The summed E-state index contributed by atoms with van der Waals surface area (Å²) in [5.41, 5.74) is 0. The third kappa shape index (κ3) is 14.4. The van der Waals surface area contributed by atoms with Crippen LogP contribution in [0.2, 0.25) is 0 Å². The lowest BCUT2D eigenvalue weighted by molar-refractivity contribution is -0.147. The second-order valence-electron chi connectivity index (χ2n) is 6.05. The van der Waals surface area contributed by atoms with Gasteiger partial charge in [0.05, 0.1) is 19.3 Å². The molecule has 7 heteroatoms. The summed E-state index contributed by atoms with van der Waals surface area (Å²) >= 11 is 0. The van der Waals surface area contributed by atoms with E-state index in [2.05, 4.69) is 12.2 Å². The van der Waals surface area contributed by atoms with Gasteiger partial charge in [0.1, 0.15) is 6.61 Å². The summed E-state index contributed by atoms with van der Waals surface area (Å²) in [7, 11) is 0. The number of nitrogens with one attached hydrogen (secondary N) is 1. The van der Waals surface area contributed by atoms with E-state index in [-0.39, 0.29) is 25.7 Å². The van der Waals surface area contributed by atoms with E-state index < -0.39 is 12.1 Å². The van der Waals surface area contributed by atoms with Gasteiger partial charge in [-0.25, -0.2) is 0 Å². The maximum atomic E-state index is 11.7. The number of carbonyl (C=O) groups excluding carboxylic acids is 2. The fourth-order valence-electron chi connectivity index (χ4n) is 2.18. The smallest absolute Gasteiger partial charge is 0.320 e. The topological polar surface area (TPSA) is 99.1 Å². The first kappa shape index (κ1) is 22.8. The van der Waals surface area contributed by atoms with Crippen LogP contribution in [0, 0.1) is 0 Å². The molecule has 3 N–H and O–H groups in total. The van der Waals surface area contributed by atoms with Crippen molar-refractivity contribution in [3.8, 4) is 0 Å². The van der Waals surface area contributed by atoms with Crippen LogP contribution in [-0.4, -0.2) is 72.5 Å². The Bertz CT molecular complexity index is 337. The summed E-state index contributed by atoms with van der Waals surface area (Å²) < 4.78 is 4.89. The van der Waals surface area contributed by atoms with Crippen molar-refractivity contribution in [3.05, 3.63) is 0 Å². The number of aliphatic hydroxyl groups is 2. The molecule has 0 rings (SSSR count). The standard InChI is InChI=1S/C17H34N2O5/c1-3-4-5-6-7-8-16(22)18-9-10-19(11-12-20)13-17(23)24-14-15(2)21/h15,20-21H,3-14H2,1-2H3,(H,18,22). The molecule has 0 radical (unpaired) electrons. The van der Waals surface area contributed by atoms with E-state index in [1.54, 1.807) is 4.90 Å². The van der Waals surface area contributed by atoms with Crippen LogP contribution >= 0.6 is 0 Å². The zero-order chi connectivity index (χ0) is 18.2. The van der Waals surface area contributed by atoms with Crippen molar-refractivity contribution < 1.29 is 24.5 Å². The second kappa shape index (κ2) is 15.4. The molecule has 0 bridgehead atoms. The van der Waals surface area contributed by atoms with Crippen LogP contribution in [0.1, 0.15) is 52.4 Å². The van der Waals surface area contributed by atoms with Gasteiger partial charge in [-0.15, -0.1) is 0 Å². The summed E-state index contributed by atoms with van der Waals surface area (Å²) in [6.45, 7) is 4.83. The number of carbonyl (C=O) groups is 2. The first-order valence-electron chi connectivity index (χ1n) is 8.93. The average molecular weight is 346 g/mol. The van der Waals surface area contributed by atoms with E-state index in [0.717, 1.165) is 12.8 Å². The van der Waals surface area contributed by atoms with Crippen LogP contribution in [0.5, 0.6) is 0 Å². The molecule has 142 valence electrons. The number of hydrogen-bond acceptors (Lipinski definition) is 6. The molecule has 0 aromatic rings. The summed E-state index contributed by atoms with van der Waals surface area (Å²) in [6, 6.07) is 0. The van der Waals surface area contributed by atoms with Crippen molar-refractivity contribution in [2.45, 2.75) is 58.5 Å². The Balaban J connectivity index is 3.86. The maximum Gasteiger partial charge on any atom is 0.320 e. The highest BCUT2D eigenvalue weighted by Gasteiger charge is 2.12. The monoisotopic (exact) mass is 346 g/mol. The van der Waals surface area contributed by atoms with Gasteiger partial charge in [0.25, 0.3) is 0 Å². The van der Waals surface area contributed by atoms with Gasteiger partial charge < -0.3 is 20.3 Å². The Morgan fingerprint density at radius 1 is 1.17 bits per heavy atom. The SMILES string of the molecule is CCCCCCCC(=O)NCCN(CCO)CC(=O)OCC(C)O. The van der Waals surface area contributed by atoms with E-state index in [1.165, 1.54) is 26.2 Å². The van der Waals surface area contributed by atoms with E-state index in [1.807, 2.05) is 0 Å². The number of ether oxygens (including phenoxy) is 1. The lowest BCUT2D eigenvalue weighted by Crippen LogP contribution is -2.39. The number of rotatable bonds is 15. The predicted octanol–water partition coefficient (Wildman–Crippen LogP) is 0.681. The molecular formula is C17H34N2O5. The van der Waals surface area contributed by atoms with Crippen molar-refractivity contribution in [3.63, 3.8) is 0 Å². The van der Waals surface area contributed by atoms with Crippen molar-refractivity contribution in [2.75, 3.05) is 39.4 Å². The third-order valence-electron chi connectivity index (χ3n) is 3.51. The molecule has 0 aliphatic rings. The molecule has 1 unspecified atom stereocenters. The summed E-state index contributed by atoms with van der Waals surface area (Å²) in [4.78, 5) is 25.0. The van der Waals surface area contributed by atoms with Gasteiger partial charge in [0, 0.05) is 26.1 Å². The molecule has 0 fully saturated rings. The molecule has 24 heavy (non-hydrogen) atoms. The zero-order valence-corrected chi connectivity index (χ0v) is 15.1. The summed E-state index contributed by atoms with van der Waals surface area (Å²) in [6.07, 6.45) is 5.38. The maximum absolute atomic E-state index is 11.7. The zero-order valence-electron chi connectivity index (χ0n) is 15.1. The molecule has 0 aromatic carbocycles. The first-order valence-corrected chi connectivity index (χ1v) is 8.93. The number of nitrogens with zero attached hydrogens (tertiary/aromatic N) is 1. The highest BCUT2D eigenvalue weighted by atomic mass is 16.5. The van der Waals surface area contributed by atoms with Crippen molar-refractivity contribution in [2.24, 2.45) is 0 Å². The molecule has 0 aliphatic heterocycles. The minimum Gasteiger partial charge on any atom is -0.462 e. The molecule has 7 nitrogen and oxygen atoms in total. The molecule has 0 saturated heterocycles. The molecule has 0 heterocycles. The second-order valence-corrected chi connectivity index (χ2v) is 6.05. The Morgan fingerprint density at radius 2 is 1.88 bits per heavy atom. The van der Waals surface area contributed by atoms with Gasteiger partial charge in [0.15, 0.2) is 0 Å². The Morgan fingerprint density at radius 3 is 2.50 bits per heavy atom. The summed E-state index contributed by atoms with van der Waals surface area (Å²) in [5, 5.41) is 21.0. The van der Waals surface area contributed by atoms with Crippen molar-refractivity contribution in [1.82, 2.24) is 10.2 Å². The molecule has 0 aliphatic carbocycles. The van der Waals surface area contributed by atoms with E-state index >= 15 is 0 Å². The molecule has 0 aromatic heterocycles. The third-order valence-corrected chi connectivity index (χ3v) is 3.51. The molecule has 1 atom stereocenters. The van der Waals surface area contributed by atoms with Crippen LogP contribution in [0.3, 0.4) is 0 Å². The van der Waals surface area contributed by atoms with E-state index in [0.29, 0.717) is 26.1 Å². The van der Waals surface area contributed by atoms with Gasteiger partial charge in [0.2, 0.25) is 5.91 Å². The number of amides is 1. The number of unbranched alkanes of at least 4 members (excludes halogenated alkanes) is 4. The fourth-order valence-corrected chi connectivity index (χ4v) is 2.18. The first-order chi connectivity index (χ1) is 11.5. The van der Waals surface area contributed by atoms with Crippen LogP contribution in [0.15, 0.2) is 0 Å². The van der Waals surface area contributed by atoms with Gasteiger partial charge in [-0.2, -0.15) is 0 Å². The number of hydrogen-bond donors (Lipinski definition) is 3. The molecule has 0 spiro atoms. The molecule has 1 amide bonds. The van der Waals surface area contributed by atoms with E-state index in [9.17, 15) is 9.59 Å². The van der Waals surface area contributed by atoms with Gasteiger partial charge in [-0.3, -0.25) is 14.5 Å². The highest BCUT2D eigenvalue weighted by molar-refractivity contribution is 5.75. The van der Waals surface area contributed by atoms with Gasteiger partial charge in [-0.05, 0) is 13.3 Å². The fraction of sp³-hybridized carbons (Fsp3) is 0.882. The van der Waals surface area contributed by atoms with E-state index in [4.69, 9.17) is 14.9 Å². The summed E-state index contributed by atoms with van der Waals surface area (Å²) in [5.74, 6) is -0.432. The predicted molar refractivity (Wildman–Crippen MR) is 92.6 cm³/mol. The average Bonchev–Trinajstić information content (AvgIpc) is 2.53. The Kier molecular flexibility index (Phi) is 14.6. The lowest BCUT2D eigenvalue weighted by atomic mass is 10.1. The molecular weight excluding hydrogens is 312 g/mol. The van der Waals surface area contributed by atoms with Crippen LogP contribution < -0.4 is 5.32 Å². The van der Waals surface area contributed by atoms with Crippen LogP contribution in [0.25, 0.3) is 0 Å². The number of esters is 1. The highest BCUT2D eigenvalue weighted by Crippen LogP contribution is 2.04.